The molecule has 1 aliphatic rings. The van der Waals surface area contributed by atoms with Crippen LogP contribution in [0.1, 0.15) is 6.42 Å². The second-order valence-corrected chi connectivity index (χ2v) is 2.70. The van der Waals surface area contributed by atoms with Gasteiger partial charge in [0.25, 0.3) is 0 Å². The van der Waals surface area contributed by atoms with Crippen LogP contribution in [0.3, 0.4) is 0 Å². The van der Waals surface area contributed by atoms with E-state index < -0.39 is 6.29 Å². The van der Waals surface area contributed by atoms with Crippen LogP contribution in [0.15, 0.2) is 0 Å². The molecule has 1 aliphatic heterocycles. The van der Waals surface area contributed by atoms with Crippen molar-refractivity contribution in [1.82, 2.24) is 4.90 Å². The van der Waals surface area contributed by atoms with Crippen molar-refractivity contribution in [2.75, 3.05) is 32.8 Å². The zero-order valence-electron chi connectivity index (χ0n) is 6.57. The monoisotopic (exact) mass is 161 g/mol. The fraction of sp³-hybridized carbons (Fsp3) is 1.00. The van der Waals surface area contributed by atoms with E-state index >= 15 is 0 Å². The van der Waals surface area contributed by atoms with Crippen molar-refractivity contribution < 1.29 is 14.9 Å². The summed E-state index contributed by atoms with van der Waals surface area (Å²) in [5.74, 6) is 0. The second-order valence-electron chi connectivity index (χ2n) is 2.70. The number of nitrogens with zero attached hydrogens (tertiary/aromatic N) is 1. The van der Waals surface area contributed by atoms with Crippen molar-refractivity contribution >= 4 is 0 Å². The second kappa shape index (κ2) is 4.66. The Balaban J connectivity index is 2.12. The van der Waals surface area contributed by atoms with Gasteiger partial charge in [-0.2, -0.15) is 0 Å². The van der Waals surface area contributed by atoms with Gasteiger partial charge in [-0.15, -0.1) is 0 Å². The lowest BCUT2D eigenvalue weighted by molar-refractivity contribution is -0.146. The highest BCUT2D eigenvalue weighted by Crippen LogP contribution is 2.02. The lowest BCUT2D eigenvalue weighted by atomic mass is 10.3. The van der Waals surface area contributed by atoms with E-state index in [4.69, 9.17) is 14.9 Å². The van der Waals surface area contributed by atoms with E-state index in [9.17, 15) is 0 Å². The molecule has 1 rings (SSSR count). The molecule has 0 radical (unpaired) electrons. The predicted molar refractivity (Wildman–Crippen MR) is 40.1 cm³/mol. The minimum Gasteiger partial charge on any atom is -0.396 e. The number of aliphatic hydroxyl groups is 2. The number of hydrogen-bond donors (Lipinski definition) is 2. The maximum atomic E-state index is 9.05. The largest absolute Gasteiger partial charge is 0.396 e. The van der Waals surface area contributed by atoms with Gasteiger partial charge in [0, 0.05) is 26.2 Å². The van der Waals surface area contributed by atoms with Gasteiger partial charge >= 0.3 is 0 Å². The zero-order valence-corrected chi connectivity index (χ0v) is 6.57. The Morgan fingerprint density at radius 3 is 3.00 bits per heavy atom. The zero-order chi connectivity index (χ0) is 8.10. The summed E-state index contributed by atoms with van der Waals surface area (Å²) in [6, 6.07) is 0. The van der Waals surface area contributed by atoms with E-state index in [2.05, 4.69) is 4.90 Å². The summed E-state index contributed by atoms with van der Waals surface area (Å²) in [7, 11) is 0. The molecule has 0 aromatic rings. The normalized spacial score (nSPS) is 27.3. The summed E-state index contributed by atoms with van der Waals surface area (Å²) in [6.07, 6.45) is 0.134. The van der Waals surface area contributed by atoms with Crippen LogP contribution in [0.25, 0.3) is 0 Å². The molecule has 0 saturated carbocycles. The molecule has 1 fully saturated rings. The molecule has 0 aromatic heterocycles. The molecule has 1 heterocycles. The average molecular weight is 161 g/mol. The van der Waals surface area contributed by atoms with Crippen LogP contribution in [0.5, 0.6) is 0 Å². The number of hydrogen-bond acceptors (Lipinski definition) is 4. The molecule has 2 N–H and O–H groups in total. The highest BCUT2D eigenvalue weighted by molar-refractivity contribution is 4.63. The van der Waals surface area contributed by atoms with Crippen molar-refractivity contribution in [1.29, 1.82) is 0 Å². The van der Waals surface area contributed by atoms with Gasteiger partial charge in [-0.25, -0.2) is 0 Å². The van der Waals surface area contributed by atoms with Crippen molar-refractivity contribution in [2.45, 2.75) is 12.7 Å². The number of morpholine rings is 1. The van der Waals surface area contributed by atoms with Crippen LogP contribution in [-0.4, -0.2) is 54.3 Å². The number of ether oxygens (including phenoxy) is 1. The highest BCUT2D eigenvalue weighted by atomic mass is 16.6. The van der Waals surface area contributed by atoms with Crippen molar-refractivity contribution in [2.24, 2.45) is 0 Å². The molecular formula is C7H15NO3. The lowest BCUT2D eigenvalue weighted by Gasteiger charge is -2.29. The Labute approximate surface area is 66.4 Å². The van der Waals surface area contributed by atoms with Gasteiger partial charge in [0.05, 0.1) is 6.61 Å². The van der Waals surface area contributed by atoms with Crippen LogP contribution in [0.2, 0.25) is 0 Å². The first kappa shape index (κ1) is 8.93. The average Bonchev–Trinajstić information content (AvgIpc) is 2.01. The molecule has 4 heteroatoms. The summed E-state index contributed by atoms with van der Waals surface area (Å²) in [5.41, 5.74) is 0. The summed E-state index contributed by atoms with van der Waals surface area (Å²) < 4.78 is 4.94. The molecule has 0 spiro atoms. The van der Waals surface area contributed by atoms with E-state index in [0.29, 0.717) is 13.2 Å². The topological polar surface area (TPSA) is 52.9 Å². The quantitative estimate of drug-likeness (QED) is 0.558. The van der Waals surface area contributed by atoms with Crippen LogP contribution >= 0.6 is 0 Å². The summed E-state index contributed by atoms with van der Waals surface area (Å²) in [5, 5.41) is 17.6. The maximum Gasteiger partial charge on any atom is 0.167 e. The SMILES string of the molecule is OCCCN1CCOC(O)C1. The van der Waals surface area contributed by atoms with Crippen molar-refractivity contribution in [3.63, 3.8) is 0 Å². The molecule has 66 valence electrons. The molecule has 1 unspecified atom stereocenters. The first-order valence-electron chi connectivity index (χ1n) is 3.96. The van der Waals surface area contributed by atoms with E-state index in [1.165, 1.54) is 0 Å². The molecule has 0 aromatic carbocycles. The first-order chi connectivity index (χ1) is 5.33. The maximum absolute atomic E-state index is 9.05. The molecule has 0 amide bonds. The third-order valence-corrected chi connectivity index (χ3v) is 1.76. The van der Waals surface area contributed by atoms with Gasteiger partial charge in [0.15, 0.2) is 6.29 Å². The summed E-state index contributed by atoms with van der Waals surface area (Å²) in [6.45, 7) is 3.08. The Morgan fingerprint density at radius 1 is 1.55 bits per heavy atom. The summed E-state index contributed by atoms with van der Waals surface area (Å²) in [4.78, 5) is 2.09. The van der Waals surface area contributed by atoms with Gasteiger partial charge in [-0.1, -0.05) is 0 Å². The van der Waals surface area contributed by atoms with Gasteiger partial charge < -0.3 is 14.9 Å². The minimum absolute atomic E-state index is 0.216. The van der Waals surface area contributed by atoms with Gasteiger partial charge in [-0.05, 0) is 6.42 Å². The first-order valence-corrected chi connectivity index (χ1v) is 3.96. The van der Waals surface area contributed by atoms with E-state index in [-0.39, 0.29) is 6.61 Å². The lowest BCUT2D eigenvalue weighted by Crippen LogP contribution is -2.42. The van der Waals surface area contributed by atoms with Crippen LogP contribution in [0.4, 0.5) is 0 Å². The molecule has 1 saturated heterocycles. The fourth-order valence-electron chi connectivity index (χ4n) is 1.18. The van der Waals surface area contributed by atoms with Gasteiger partial charge in [-0.3, -0.25) is 4.90 Å². The molecule has 0 aliphatic carbocycles. The van der Waals surface area contributed by atoms with Crippen molar-refractivity contribution in [3.05, 3.63) is 0 Å². The molecular weight excluding hydrogens is 146 g/mol. The standard InChI is InChI=1S/C7H15NO3/c9-4-1-2-8-3-5-11-7(10)6-8/h7,9-10H,1-6H2. The number of rotatable bonds is 3. The smallest absolute Gasteiger partial charge is 0.167 e. The third kappa shape index (κ3) is 3.16. The van der Waals surface area contributed by atoms with Crippen LogP contribution in [-0.2, 0) is 4.74 Å². The van der Waals surface area contributed by atoms with E-state index in [1.807, 2.05) is 0 Å². The fourth-order valence-corrected chi connectivity index (χ4v) is 1.18. The van der Waals surface area contributed by atoms with Gasteiger partial charge in [0.1, 0.15) is 0 Å². The Kier molecular flexibility index (Phi) is 3.79. The molecule has 4 nitrogen and oxygen atoms in total. The molecule has 0 bridgehead atoms. The third-order valence-electron chi connectivity index (χ3n) is 1.76. The minimum atomic E-state index is -0.637. The number of β-amino-alcohol motifs (C(OH)–C–C–N with tert-alkyl or cyclic N) is 1. The number of aliphatic hydroxyl groups excluding tert-OH is 2. The van der Waals surface area contributed by atoms with Crippen molar-refractivity contribution in [3.8, 4) is 0 Å². The summed E-state index contributed by atoms with van der Waals surface area (Å²) >= 11 is 0. The highest BCUT2D eigenvalue weighted by Gasteiger charge is 2.16. The Hall–Kier alpha value is -0.160. The van der Waals surface area contributed by atoms with Crippen LogP contribution in [0, 0.1) is 0 Å². The Bertz CT molecular complexity index is 110. The Morgan fingerprint density at radius 2 is 2.36 bits per heavy atom. The van der Waals surface area contributed by atoms with Gasteiger partial charge in [0.2, 0.25) is 0 Å². The van der Waals surface area contributed by atoms with E-state index in [0.717, 1.165) is 19.5 Å². The van der Waals surface area contributed by atoms with Crippen LogP contribution < -0.4 is 0 Å². The molecule has 1 atom stereocenters. The molecule has 11 heavy (non-hydrogen) atoms. The predicted octanol–water partition coefficient (Wildman–Crippen LogP) is -0.981. The van der Waals surface area contributed by atoms with E-state index in [1.54, 1.807) is 0 Å².